The van der Waals surface area contributed by atoms with E-state index in [1.165, 1.54) is 49.5 Å². The van der Waals surface area contributed by atoms with Crippen molar-refractivity contribution in [1.29, 1.82) is 0 Å². The lowest BCUT2D eigenvalue weighted by molar-refractivity contribution is 0.0460. The maximum Gasteiger partial charge on any atom is 0.195 e. The Labute approximate surface area is 268 Å². The van der Waals surface area contributed by atoms with E-state index in [0.29, 0.717) is 18.2 Å². The summed E-state index contributed by atoms with van der Waals surface area (Å²) in [4.78, 5) is 19.8. The molecule has 0 unspecified atom stereocenters. The minimum absolute atomic E-state index is 0.0415. The minimum atomic E-state index is -0.513. The SMILES string of the molecule is O=C(c1ccc(O[C@H]2CCCC[C@@H]2N2CCCC2)c(F)c1)c1c(-c2ccc(OCCN3CCCC3)cc2)sc2cc(O)ccc12. The average molecular weight is 629 g/mol. The number of hydrogen-bond donors (Lipinski definition) is 1. The summed E-state index contributed by atoms with van der Waals surface area (Å²) in [5.74, 6) is 0.362. The van der Waals surface area contributed by atoms with Gasteiger partial charge in [0.1, 0.15) is 24.2 Å². The molecule has 1 saturated carbocycles. The van der Waals surface area contributed by atoms with Gasteiger partial charge in [-0.25, -0.2) is 4.39 Å². The molecule has 0 bridgehead atoms. The Morgan fingerprint density at radius 2 is 1.64 bits per heavy atom. The average Bonchev–Trinajstić information content (AvgIpc) is 3.84. The first-order valence-corrected chi connectivity index (χ1v) is 17.3. The van der Waals surface area contributed by atoms with Crippen LogP contribution in [0.2, 0.25) is 0 Å². The molecule has 3 aromatic carbocycles. The van der Waals surface area contributed by atoms with Crippen molar-refractivity contribution in [2.24, 2.45) is 0 Å². The number of fused-ring (bicyclic) bond motifs is 1. The number of hydrogen-bond acceptors (Lipinski definition) is 7. The third kappa shape index (κ3) is 6.60. The van der Waals surface area contributed by atoms with Gasteiger partial charge in [0, 0.05) is 38.7 Å². The molecule has 3 fully saturated rings. The molecule has 6 nitrogen and oxygen atoms in total. The third-order valence-electron chi connectivity index (χ3n) is 9.64. The predicted octanol–water partition coefficient (Wildman–Crippen LogP) is 7.90. The quantitative estimate of drug-likeness (QED) is 0.180. The summed E-state index contributed by atoms with van der Waals surface area (Å²) in [5, 5.41) is 10.9. The second-order valence-electron chi connectivity index (χ2n) is 12.6. The Morgan fingerprint density at radius 1 is 0.889 bits per heavy atom. The number of thiophene rings is 1. The molecule has 45 heavy (non-hydrogen) atoms. The maximum absolute atomic E-state index is 15.6. The molecule has 2 saturated heterocycles. The number of ether oxygens (including phenoxy) is 2. The fraction of sp³-hybridized carbons (Fsp3) is 0.432. The number of phenolic OH excluding ortho intramolecular Hbond substituents is 1. The van der Waals surface area contributed by atoms with E-state index < -0.39 is 5.82 Å². The molecule has 4 aromatic rings. The van der Waals surface area contributed by atoms with Gasteiger partial charge in [-0.1, -0.05) is 6.42 Å². The minimum Gasteiger partial charge on any atom is -0.508 e. The summed E-state index contributed by atoms with van der Waals surface area (Å²) in [6.45, 7) is 6.00. The summed E-state index contributed by atoms with van der Waals surface area (Å²) in [5.41, 5.74) is 1.65. The van der Waals surface area contributed by atoms with Crippen molar-refractivity contribution in [3.8, 4) is 27.7 Å². The first-order chi connectivity index (χ1) is 22.0. The number of rotatable bonds is 10. The monoisotopic (exact) mass is 628 g/mol. The summed E-state index contributed by atoms with van der Waals surface area (Å²) in [6.07, 6.45) is 9.16. The normalized spacial score (nSPS) is 21.0. The van der Waals surface area contributed by atoms with Crippen LogP contribution in [0.1, 0.15) is 67.3 Å². The lowest BCUT2D eigenvalue weighted by Crippen LogP contribution is -2.46. The van der Waals surface area contributed by atoms with E-state index in [4.69, 9.17) is 9.47 Å². The van der Waals surface area contributed by atoms with Gasteiger partial charge in [0.2, 0.25) is 0 Å². The fourth-order valence-electron chi connectivity index (χ4n) is 7.27. The van der Waals surface area contributed by atoms with Crippen LogP contribution in [-0.4, -0.2) is 72.2 Å². The number of halogens is 1. The highest BCUT2D eigenvalue weighted by Crippen LogP contribution is 2.42. The van der Waals surface area contributed by atoms with Gasteiger partial charge < -0.3 is 14.6 Å². The van der Waals surface area contributed by atoms with Crippen molar-refractivity contribution in [2.75, 3.05) is 39.3 Å². The van der Waals surface area contributed by atoms with E-state index >= 15 is 4.39 Å². The fourth-order valence-corrected chi connectivity index (χ4v) is 8.50. The molecular formula is C37H41FN2O4S. The highest BCUT2D eigenvalue weighted by atomic mass is 32.1. The Hall–Kier alpha value is -3.46. The second-order valence-corrected chi connectivity index (χ2v) is 13.7. The van der Waals surface area contributed by atoms with E-state index in [1.807, 2.05) is 24.3 Å². The van der Waals surface area contributed by atoms with Gasteiger partial charge in [-0.15, -0.1) is 11.3 Å². The number of phenols is 1. The van der Waals surface area contributed by atoms with Gasteiger partial charge >= 0.3 is 0 Å². The number of ketones is 1. The second kappa shape index (κ2) is 13.5. The van der Waals surface area contributed by atoms with Crippen molar-refractivity contribution in [2.45, 2.75) is 63.5 Å². The molecule has 3 aliphatic rings. The molecule has 1 aliphatic carbocycles. The van der Waals surface area contributed by atoms with Crippen LogP contribution in [0.25, 0.3) is 20.5 Å². The largest absolute Gasteiger partial charge is 0.508 e. The molecule has 2 aliphatic heterocycles. The summed E-state index contributed by atoms with van der Waals surface area (Å²) in [7, 11) is 0. The number of aromatic hydroxyl groups is 1. The van der Waals surface area contributed by atoms with Gasteiger partial charge in [-0.05, 0) is 137 Å². The van der Waals surface area contributed by atoms with E-state index in [2.05, 4.69) is 9.80 Å². The van der Waals surface area contributed by atoms with Crippen molar-refractivity contribution in [1.82, 2.24) is 9.80 Å². The Bertz CT molecular complexity index is 1640. The summed E-state index contributed by atoms with van der Waals surface area (Å²) < 4.78 is 28.7. The predicted molar refractivity (Wildman–Crippen MR) is 177 cm³/mol. The van der Waals surface area contributed by atoms with E-state index in [9.17, 15) is 9.90 Å². The van der Waals surface area contributed by atoms with Gasteiger partial charge in [-0.3, -0.25) is 14.6 Å². The van der Waals surface area contributed by atoms with Crippen LogP contribution in [0.15, 0.2) is 60.7 Å². The molecule has 1 N–H and O–H groups in total. The number of carbonyl (C=O) groups is 1. The molecule has 8 heteroatoms. The molecule has 1 aromatic heterocycles. The number of carbonyl (C=O) groups excluding carboxylic acids is 1. The summed E-state index contributed by atoms with van der Waals surface area (Å²) in [6, 6.07) is 17.8. The lowest BCUT2D eigenvalue weighted by Gasteiger charge is -2.37. The zero-order chi connectivity index (χ0) is 30.8. The highest BCUT2D eigenvalue weighted by molar-refractivity contribution is 7.22. The zero-order valence-corrected chi connectivity index (χ0v) is 26.5. The standard InChI is InChI=1S/C37H41FN2O4S/c38-30-23-26(11-16-32(30)44-33-8-2-1-7-31(33)40-19-5-6-20-40)36(42)35-29-15-12-27(41)24-34(29)45-37(35)25-9-13-28(14-10-25)43-22-21-39-17-3-4-18-39/h9-16,23-24,31,33,41H,1-8,17-22H2/t31-,33-/m0/s1. The van der Waals surface area contributed by atoms with Gasteiger partial charge in [-0.2, -0.15) is 0 Å². The smallest absolute Gasteiger partial charge is 0.195 e. The van der Waals surface area contributed by atoms with E-state index in [1.54, 1.807) is 30.3 Å². The Kier molecular flexibility index (Phi) is 9.06. The number of likely N-dealkylation sites (tertiary alicyclic amines) is 2. The topological polar surface area (TPSA) is 62.2 Å². The lowest BCUT2D eigenvalue weighted by atomic mass is 9.91. The number of nitrogens with zero attached hydrogens (tertiary/aromatic N) is 2. The molecular weight excluding hydrogens is 587 g/mol. The third-order valence-corrected chi connectivity index (χ3v) is 10.8. The first kappa shape index (κ1) is 30.2. The van der Waals surface area contributed by atoms with Crippen LogP contribution >= 0.6 is 11.3 Å². The first-order valence-electron chi connectivity index (χ1n) is 16.5. The van der Waals surface area contributed by atoms with Crippen molar-refractivity contribution in [3.63, 3.8) is 0 Å². The van der Waals surface area contributed by atoms with Gasteiger partial charge in [0.05, 0.1) is 0 Å². The molecule has 7 rings (SSSR count). The zero-order valence-electron chi connectivity index (χ0n) is 25.7. The molecule has 2 atom stereocenters. The molecule has 0 spiro atoms. The van der Waals surface area contributed by atoms with Crippen LogP contribution in [-0.2, 0) is 0 Å². The van der Waals surface area contributed by atoms with Crippen LogP contribution < -0.4 is 9.47 Å². The van der Waals surface area contributed by atoms with E-state index in [0.717, 1.165) is 78.3 Å². The van der Waals surface area contributed by atoms with Crippen LogP contribution in [0.3, 0.4) is 0 Å². The van der Waals surface area contributed by atoms with Crippen LogP contribution in [0.4, 0.5) is 4.39 Å². The van der Waals surface area contributed by atoms with Crippen molar-refractivity contribution < 1.29 is 23.8 Å². The number of benzene rings is 3. The van der Waals surface area contributed by atoms with Gasteiger partial charge in [0.25, 0.3) is 0 Å². The molecule has 0 radical (unpaired) electrons. The van der Waals surface area contributed by atoms with Gasteiger partial charge in [0.15, 0.2) is 17.3 Å². The Morgan fingerprint density at radius 3 is 2.42 bits per heavy atom. The summed E-state index contributed by atoms with van der Waals surface area (Å²) >= 11 is 1.45. The van der Waals surface area contributed by atoms with Crippen LogP contribution in [0, 0.1) is 5.82 Å². The van der Waals surface area contributed by atoms with Crippen molar-refractivity contribution in [3.05, 3.63) is 77.6 Å². The maximum atomic E-state index is 15.6. The van der Waals surface area contributed by atoms with Crippen molar-refractivity contribution >= 4 is 27.2 Å². The Balaban J connectivity index is 1.12. The molecule has 0 amide bonds. The van der Waals surface area contributed by atoms with E-state index in [-0.39, 0.29) is 28.9 Å². The molecule has 3 heterocycles. The van der Waals surface area contributed by atoms with Crippen LogP contribution in [0.5, 0.6) is 17.2 Å². The molecule has 236 valence electrons. The highest BCUT2D eigenvalue weighted by Gasteiger charge is 2.33.